The van der Waals surface area contributed by atoms with E-state index >= 15 is 0 Å². The van der Waals surface area contributed by atoms with Crippen LogP contribution in [0.3, 0.4) is 0 Å². The number of nitrogen functional groups attached to an aromatic ring is 1. The van der Waals surface area contributed by atoms with Crippen molar-refractivity contribution in [2.24, 2.45) is 0 Å². The molecule has 1 aliphatic heterocycles. The highest BCUT2D eigenvalue weighted by molar-refractivity contribution is 5.97. The molecule has 1 aliphatic rings. The molecule has 12 heteroatoms. The standard InChI is InChI=1S/C30H29FN8O3/c1-42-25-8-4-20(31)16-23(25)29(40)36-17-19-2-5-21(6-3-19)39-27-24(10-11-34-28(27)32)38(30(39)41)22-7-9-26(35-18-22)37-14-12-33-13-15-37/h2-11,16,18,33H,12-15,17H2,1H3,(H2,32,34)(H,36,40). The summed E-state index contributed by atoms with van der Waals surface area (Å²) in [6.45, 7) is 3.72. The molecule has 0 unspecified atom stereocenters. The molecular formula is C30H29FN8O3. The van der Waals surface area contributed by atoms with Crippen molar-refractivity contribution in [3.8, 4) is 17.1 Å². The molecule has 0 spiro atoms. The van der Waals surface area contributed by atoms with E-state index in [9.17, 15) is 14.0 Å². The molecule has 1 fully saturated rings. The average molecular weight is 569 g/mol. The number of pyridine rings is 2. The topological polar surface area (TPSA) is 132 Å². The minimum absolute atomic E-state index is 0.104. The number of carbonyl (C=O) groups is 1. The Balaban J connectivity index is 1.29. The number of hydrogen-bond donors (Lipinski definition) is 3. The number of benzene rings is 2. The monoisotopic (exact) mass is 568 g/mol. The Morgan fingerprint density at radius 3 is 2.50 bits per heavy atom. The van der Waals surface area contributed by atoms with Gasteiger partial charge in [-0.2, -0.15) is 0 Å². The van der Waals surface area contributed by atoms with Gasteiger partial charge in [0.2, 0.25) is 0 Å². The van der Waals surface area contributed by atoms with Crippen molar-refractivity contribution in [3.63, 3.8) is 0 Å². The molecule has 0 aliphatic carbocycles. The first-order valence-corrected chi connectivity index (χ1v) is 13.5. The Morgan fingerprint density at radius 1 is 1.02 bits per heavy atom. The molecule has 42 heavy (non-hydrogen) atoms. The average Bonchev–Trinajstić information content (AvgIpc) is 3.33. The van der Waals surface area contributed by atoms with E-state index < -0.39 is 11.7 Å². The first-order chi connectivity index (χ1) is 20.4. The minimum Gasteiger partial charge on any atom is -0.496 e. The zero-order valence-corrected chi connectivity index (χ0v) is 22.9. The van der Waals surface area contributed by atoms with Gasteiger partial charge in [0.25, 0.3) is 5.91 Å². The minimum atomic E-state index is -0.532. The number of amides is 1. The lowest BCUT2D eigenvalue weighted by Gasteiger charge is -2.28. The van der Waals surface area contributed by atoms with E-state index in [0.29, 0.717) is 22.4 Å². The van der Waals surface area contributed by atoms with Crippen LogP contribution < -0.4 is 31.7 Å². The van der Waals surface area contributed by atoms with Crippen molar-refractivity contribution < 1.29 is 13.9 Å². The number of rotatable bonds is 7. The Morgan fingerprint density at radius 2 is 1.79 bits per heavy atom. The van der Waals surface area contributed by atoms with Gasteiger partial charge >= 0.3 is 5.69 Å². The molecule has 0 radical (unpaired) electrons. The van der Waals surface area contributed by atoms with Gasteiger partial charge in [0.1, 0.15) is 28.7 Å². The van der Waals surface area contributed by atoms with Gasteiger partial charge in [0.05, 0.1) is 35.8 Å². The number of nitrogens with one attached hydrogen (secondary N) is 2. The quantitative estimate of drug-likeness (QED) is 0.273. The van der Waals surface area contributed by atoms with Crippen molar-refractivity contribution in [3.05, 3.63) is 100 Å². The lowest BCUT2D eigenvalue weighted by Crippen LogP contribution is -2.43. The largest absolute Gasteiger partial charge is 0.496 e. The molecule has 6 rings (SSSR count). The van der Waals surface area contributed by atoms with Gasteiger partial charge < -0.3 is 26.0 Å². The molecular weight excluding hydrogens is 539 g/mol. The maximum absolute atomic E-state index is 13.9. The third kappa shape index (κ3) is 5.03. The fraction of sp³-hybridized carbons (Fsp3) is 0.200. The Bertz CT molecular complexity index is 1810. The third-order valence-corrected chi connectivity index (χ3v) is 7.26. The van der Waals surface area contributed by atoms with Crippen LogP contribution in [0.2, 0.25) is 0 Å². The Hall–Kier alpha value is -5.23. The second kappa shape index (κ2) is 11.3. The van der Waals surface area contributed by atoms with E-state index in [0.717, 1.165) is 43.6 Å². The van der Waals surface area contributed by atoms with Gasteiger partial charge in [-0.3, -0.25) is 13.9 Å². The van der Waals surface area contributed by atoms with Crippen molar-refractivity contribution in [1.82, 2.24) is 29.7 Å². The maximum atomic E-state index is 13.9. The number of anilines is 2. The molecule has 11 nitrogen and oxygen atoms in total. The number of ether oxygens (including phenoxy) is 1. The van der Waals surface area contributed by atoms with Crippen molar-refractivity contribution >= 4 is 28.6 Å². The van der Waals surface area contributed by atoms with E-state index in [1.165, 1.54) is 23.8 Å². The van der Waals surface area contributed by atoms with Gasteiger partial charge in [0, 0.05) is 38.9 Å². The molecule has 1 saturated heterocycles. The zero-order chi connectivity index (χ0) is 29.2. The number of halogens is 1. The number of nitrogens with two attached hydrogens (primary N) is 1. The fourth-order valence-corrected chi connectivity index (χ4v) is 5.15. The Kier molecular flexibility index (Phi) is 7.28. The SMILES string of the molecule is COc1ccc(F)cc1C(=O)NCc1ccc(-n2c(=O)n(-c3ccc(N4CCNCC4)nc3)c3ccnc(N)c32)cc1. The lowest BCUT2D eigenvalue weighted by atomic mass is 10.1. The van der Waals surface area contributed by atoms with E-state index in [4.69, 9.17) is 10.5 Å². The van der Waals surface area contributed by atoms with Gasteiger partial charge in [-0.1, -0.05) is 12.1 Å². The van der Waals surface area contributed by atoms with Gasteiger partial charge in [0.15, 0.2) is 0 Å². The summed E-state index contributed by atoms with van der Waals surface area (Å²) in [5, 5.41) is 6.11. The number of hydrogen-bond acceptors (Lipinski definition) is 8. The summed E-state index contributed by atoms with van der Waals surface area (Å²) in [6.07, 6.45) is 3.26. The van der Waals surface area contributed by atoms with Crippen LogP contribution in [-0.4, -0.2) is 58.3 Å². The summed E-state index contributed by atoms with van der Waals surface area (Å²) < 4.78 is 22.0. The smallest absolute Gasteiger partial charge is 0.338 e. The molecule has 5 aromatic rings. The third-order valence-electron chi connectivity index (χ3n) is 7.26. The number of fused-ring (bicyclic) bond motifs is 1. The van der Waals surface area contributed by atoms with Crippen molar-refractivity contribution in [2.45, 2.75) is 6.54 Å². The van der Waals surface area contributed by atoms with Crippen LogP contribution in [0.15, 0.2) is 77.9 Å². The second-order valence-electron chi connectivity index (χ2n) is 9.82. The number of methoxy groups -OCH3 is 1. The number of piperazine rings is 1. The van der Waals surface area contributed by atoms with E-state index in [-0.39, 0.29) is 29.4 Å². The highest BCUT2D eigenvalue weighted by Gasteiger charge is 2.20. The molecule has 3 aromatic heterocycles. The molecule has 0 bridgehead atoms. The van der Waals surface area contributed by atoms with Crippen molar-refractivity contribution in [1.29, 1.82) is 0 Å². The normalized spacial score (nSPS) is 13.3. The molecule has 4 N–H and O–H groups in total. The summed E-state index contributed by atoms with van der Waals surface area (Å²) in [5.74, 6) is 0.353. The molecule has 214 valence electrons. The Labute approximate surface area is 240 Å². The van der Waals surface area contributed by atoms with Crippen LogP contribution in [0, 0.1) is 5.82 Å². The first-order valence-electron chi connectivity index (χ1n) is 13.5. The van der Waals surface area contributed by atoms with Crippen LogP contribution >= 0.6 is 0 Å². The lowest BCUT2D eigenvalue weighted by molar-refractivity contribution is 0.0947. The molecule has 4 heterocycles. The van der Waals surface area contributed by atoms with Gasteiger partial charge in [-0.15, -0.1) is 0 Å². The van der Waals surface area contributed by atoms with Gasteiger partial charge in [-0.05, 0) is 54.1 Å². The summed E-state index contributed by atoms with van der Waals surface area (Å²) in [5.41, 5.74) is 9.11. The highest BCUT2D eigenvalue weighted by Crippen LogP contribution is 2.25. The fourth-order valence-electron chi connectivity index (χ4n) is 5.15. The summed E-state index contributed by atoms with van der Waals surface area (Å²) in [4.78, 5) is 37.6. The van der Waals surface area contributed by atoms with Crippen LogP contribution in [0.25, 0.3) is 22.4 Å². The number of nitrogens with zero attached hydrogens (tertiary/aromatic N) is 5. The van der Waals surface area contributed by atoms with Crippen LogP contribution in [0.1, 0.15) is 15.9 Å². The van der Waals surface area contributed by atoms with Crippen molar-refractivity contribution in [2.75, 3.05) is 43.9 Å². The van der Waals surface area contributed by atoms with E-state index in [1.54, 1.807) is 47.3 Å². The molecule has 1 amide bonds. The van der Waals surface area contributed by atoms with Crippen LogP contribution in [0.4, 0.5) is 16.0 Å². The van der Waals surface area contributed by atoms with E-state index in [1.807, 2.05) is 12.1 Å². The summed E-state index contributed by atoms with van der Waals surface area (Å²) in [6, 6.07) is 16.5. The molecule has 0 atom stereocenters. The molecule has 2 aromatic carbocycles. The predicted octanol–water partition coefficient (Wildman–Crippen LogP) is 2.64. The summed E-state index contributed by atoms with van der Waals surface area (Å²) in [7, 11) is 1.42. The van der Waals surface area contributed by atoms with Crippen LogP contribution in [0.5, 0.6) is 5.75 Å². The predicted molar refractivity (Wildman–Crippen MR) is 158 cm³/mol. The van der Waals surface area contributed by atoms with E-state index in [2.05, 4.69) is 25.5 Å². The maximum Gasteiger partial charge on any atom is 0.338 e. The number of imidazole rings is 1. The second-order valence-corrected chi connectivity index (χ2v) is 9.82. The number of carbonyl (C=O) groups excluding carboxylic acids is 1. The molecule has 0 saturated carbocycles. The van der Waals surface area contributed by atoms with Gasteiger partial charge in [-0.25, -0.2) is 19.2 Å². The van der Waals surface area contributed by atoms with Crippen LogP contribution in [-0.2, 0) is 6.54 Å². The zero-order valence-electron chi connectivity index (χ0n) is 22.9. The first kappa shape index (κ1) is 27.0. The summed E-state index contributed by atoms with van der Waals surface area (Å²) >= 11 is 0. The number of aromatic nitrogens is 4. The highest BCUT2D eigenvalue weighted by atomic mass is 19.1.